The van der Waals surface area contributed by atoms with Crippen molar-refractivity contribution in [1.82, 2.24) is 5.32 Å². The van der Waals surface area contributed by atoms with Crippen molar-refractivity contribution in [3.05, 3.63) is 33.3 Å². The van der Waals surface area contributed by atoms with Crippen LogP contribution in [-0.4, -0.2) is 11.9 Å². The Morgan fingerprint density at radius 3 is 2.81 bits per heavy atom. The van der Waals surface area contributed by atoms with E-state index >= 15 is 0 Å². The summed E-state index contributed by atoms with van der Waals surface area (Å²) in [5.41, 5.74) is 1.12. The molecule has 1 aromatic rings. The van der Waals surface area contributed by atoms with Crippen molar-refractivity contribution >= 4 is 39.1 Å². The molecule has 0 radical (unpaired) electrons. The zero-order valence-corrected chi connectivity index (χ0v) is 12.4. The minimum atomic E-state index is 0.271. The fourth-order valence-corrected chi connectivity index (χ4v) is 2.20. The van der Waals surface area contributed by atoms with E-state index in [2.05, 4.69) is 28.2 Å². The smallest absolute Gasteiger partial charge is 0.0462 e. The first-order valence-electron chi connectivity index (χ1n) is 5.42. The number of halogens is 3. The lowest BCUT2D eigenvalue weighted by Crippen LogP contribution is -2.17. The lowest BCUT2D eigenvalue weighted by Gasteiger charge is -2.09. The molecule has 0 fully saturated rings. The van der Waals surface area contributed by atoms with Crippen molar-refractivity contribution in [3.8, 4) is 0 Å². The van der Waals surface area contributed by atoms with Crippen molar-refractivity contribution < 1.29 is 0 Å². The molecule has 0 amide bonds. The third-order valence-electron chi connectivity index (χ3n) is 2.41. The van der Waals surface area contributed by atoms with Crippen LogP contribution in [-0.2, 0) is 6.54 Å². The van der Waals surface area contributed by atoms with E-state index in [1.54, 1.807) is 0 Å². The quantitative estimate of drug-likeness (QED) is 0.595. The fraction of sp³-hybridized carbons (Fsp3) is 0.500. The molecule has 1 rings (SSSR count). The Labute approximate surface area is 116 Å². The summed E-state index contributed by atoms with van der Waals surface area (Å²) in [4.78, 5) is 0. The van der Waals surface area contributed by atoms with Gasteiger partial charge in [-0.15, -0.1) is 11.6 Å². The highest BCUT2D eigenvalue weighted by molar-refractivity contribution is 9.10. The van der Waals surface area contributed by atoms with Gasteiger partial charge in [0.15, 0.2) is 0 Å². The Morgan fingerprint density at radius 1 is 1.44 bits per heavy atom. The van der Waals surface area contributed by atoms with Crippen LogP contribution in [0, 0.1) is 0 Å². The molecule has 0 aliphatic heterocycles. The van der Waals surface area contributed by atoms with Gasteiger partial charge in [0.1, 0.15) is 0 Å². The summed E-state index contributed by atoms with van der Waals surface area (Å²) in [5.74, 6) is 0. The van der Waals surface area contributed by atoms with E-state index in [9.17, 15) is 0 Å². The van der Waals surface area contributed by atoms with Gasteiger partial charge >= 0.3 is 0 Å². The van der Waals surface area contributed by atoms with Gasteiger partial charge in [0.05, 0.1) is 0 Å². The first-order chi connectivity index (χ1) is 7.63. The summed E-state index contributed by atoms with van der Waals surface area (Å²) in [6.45, 7) is 3.82. The number of nitrogens with one attached hydrogen (secondary N) is 1. The highest BCUT2D eigenvalue weighted by Gasteiger charge is 2.02. The van der Waals surface area contributed by atoms with Gasteiger partial charge in [-0.3, -0.25) is 0 Å². The third-order valence-corrected chi connectivity index (χ3v) is 3.78. The van der Waals surface area contributed by atoms with Crippen molar-refractivity contribution in [2.75, 3.05) is 6.54 Å². The number of rotatable bonds is 6. The maximum absolute atomic E-state index is 6.10. The Hall–Kier alpha value is 0.240. The second-order valence-electron chi connectivity index (χ2n) is 3.71. The van der Waals surface area contributed by atoms with Gasteiger partial charge in [0.2, 0.25) is 0 Å². The van der Waals surface area contributed by atoms with Gasteiger partial charge in [0, 0.05) is 21.4 Å². The maximum atomic E-state index is 6.10. The molecule has 0 aliphatic carbocycles. The third kappa shape index (κ3) is 5.05. The van der Waals surface area contributed by atoms with Crippen LogP contribution in [0.2, 0.25) is 5.02 Å². The van der Waals surface area contributed by atoms with E-state index in [1.165, 1.54) is 0 Å². The van der Waals surface area contributed by atoms with Crippen LogP contribution in [0.4, 0.5) is 0 Å². The minimum absolute atomic E-state index is 0.271. The summed E-state index contributed by atoms with van der Waals surface area (Å²) in [5, 5.41) is 4.41. The molecule has 16 heavy (non-hydrogen) atoms. The van der Waals surface area contributed by atoms with E-state index in [4.69, 9.17) is 23.2 Å². The Balaban J connectivity index is 2.32. The lowest BCUT2D eigenvalue weighted by atomic mass is 10.2. The Morgan fingerprint density at radius 2 is 2.19 bits per heavy atom. The van der Waals surface area contributed by atoms with E-state index < -0.39 is 0 Å². The average Bonchev–Trinajstić information content (AvgIpc) is 2.26. The number of hydrogen-bond donors (Lipinski definition) is 1. The normalized spacial score (nSPS) is 12.8. The van der Waals surface area contributed by atoms with Gasteiger partial charge < -0.3 is 5.32 Å². The first-order valence-corrected chi connectivity index (χ1v) is 7.03. The van der Waals surface area contributed by atoms with Gasteiger partial charge in [0.25, 0.3) is 0 Å². The second-order valence-corrected chi connectivity index (χ2v) is 5.65. The molecule has 1 nitrogen and oxygen atoms in total. The molecule has 0 heterocycles. The molecule has 0 bridgehead atoms. The van der Waals surface area contributed by atoms with Crippen molar-refractivity contribution in [2.24, 2.45) is 0 Å². The molecular formula is C12H16BrCl2N. The van der Waals surface area contributed by atoms with Crippen molar-refractivity contribution in [2.45, 2.75) is 31.7 Å². The predicted octanol–water partition coefficient (Wildman–Crippen LogP) is 4.60. The summed E-state index contributed by atoms with van der Waals surface area (Å²) in [6, 6.07) is 5.94. The van der Waals surface area contributed by atoms with Crippen LogP contribution in [0.1, 0.15) is 25.3 Å². The van der Waals surface area contributed by atoms with Crippen LogP contribution in [0.15, 0.2) is 22.7 Å². The fourth-order valence-electron chi connectivity index (χ4n) is 1.35. The number of alkyl halides is 1. The standard InChI is InChI=1S/C12H16BrCl2N/c1-2-11(14)5-6-16-8-9-3-4-10(13)7-12(9)15/h3-4,7,11,16H,2,5-6,8H2,1H3. The summed E-state index contributed by atoms with van der Waals surface area (Å²) in [6.07, 6.45) is 2.01. The molecule has 0 spiro atoms. The van der Waals surface area contributed by atoms with Gasteiger partial charge in [-0.1, -0.05) is 40.5 Å². The topological polar surface area (TPSA) is 12.0 Å². The Bertz CT molecular complexity index is 331. The van der Waals surface area contributed by atoms with Crippen LogP contribution in [0.5, 0.6) is 0 Å². The molecule has 0 saturated carbocycles. The number of hydrogen-bond acceptors (Lipinski definition) is 1. The van der Waals surface area contributed by atoms with Crippen molar-refractivity contribution in [3.63, 3.8) is 0 Å². The second kappa shape index (κ2) is 7.54. The summed E-state index contributed by atoms with van der Waals surface area (Å²) < 4.78 is 1.01. The van der Waals surface area contributed by atoms with Crippen LogP contribution in [0.3, 0.4) is 0 Å². The molecule has 90 valence electrons. The maximum Gasteiger partial charge on any atom is 0.0462 e. The first kappa shape index (κ1) is 14.3. The molecule has 0 aliphatic rings. The molecular weight excluding hydrogens is 309 g/mol. The van der Waals surface area contributed by atoms with E-state index in [0.29, 0.717) is 0 Å². The molecule has 1 aromatic carbocycles. The number of benzene rings is 1. The van der Waals surface area contributed by atoms with E-state index in [0.717, 1.165) is 41.0 Å². The molecule has 0 saturated heterocycles. The van der Waals surface area contributed by atoms with Gasteiger partial charge in [-0.2, -0.15) is 0 Å². The molecule has 1 atom stereocenters. The lowest BCUT2D eigenvalue weighted by molar-refractivity contribution is 0.622. The highest BCUT2D eigenvalue weighted by Crippen LogP contribution is 2.21. The SMILES string of the molecule is CCC(Cl)CCNCc1ccc(Br)cc1Cl. The van der Waals surface area contributed by atoms with E-state index in [-0.39, 0.29) is 5.38 Å². The van der Waals surface area contributed by atoms with Crippen LogP contribution < -0.4 is 5.32 Å². The zero-order valence-electron chi connectivity index (χ0n) is 9.27. The minimum Gasteiger partial charge on any atom is -0.313 e. The van der Waals surface area contributed by atoms with Crippen LogP contribution in [0.25, 0.3) is 0 Å². The van der Waals surface area contributed by atoms with Crippen molar-refractivity contribution in [1.29, 1.82) is 0 Å². The van der Waals surface area contributed by atoms with E-state index in [1.807, 2.05) is 18.2 Å². The van der Waals surface area contributed by atoms with Crippen LogP contribution >= 0.6 is 39.1 Å². The predicted molar refractivity (Wildman–Crippen MR) is 75.4 cm³/mol. The van der Waals surface area contributed by atoms with Gasteiger partial charge in [-0.25, -0.2) is 0 Å². The molecule has 4 heteroatoms. The zero-order chi connectivity index (χ0) is 12.0. The molecule has 0 aromatic heterocycles. The van der Waals surface area contributed by atoms with Gasteiger partial charge in [-0.05, 0) is 37.1 Å². The molecule has 1 N–H and O–H groups in total. The largest absolute Gasteiger partial charge is 0.313 e. The Kier molecular flexibility index (Phi) is 6.74. The monoisotopic (exact) mass is 323 g/mol. The average molecular weight is 325 g/mol. The summed E-state index contributed by atoms with van der Waals surface area (Å²) >= 11 is 15.5. The molecule has 1 unspecified atom stereocenters. The highest BCUT2D eigenvalue weighted by atomic mass is 79.9. The summed E-state index contributed by atoms with van der Waals surface area (Å²) in [7, 11) is 0.